The topological polar surface area (TPSA) is 85.3 Å². The summed E-state index contributed by atoms with van der Waals surface area (Å²) in [6, 6.07) is 11.1. The van der Waals surface area contributed by atoms with Crippen LogP contribution in [0.3, 0.4) is 0 Å². The molecule has 7 heteroatoms. The van der Waals surface area contributed by atoms with E-state index in [2.05, 4.69) is 20.6 Å². The van der Waals surface area contributed by atoms with Gasteiger partial charge in [0, 0.05) is 28.7 Å². The number of aromatic nitrogens is 4. The highest BCUT2D eigenvalue weighted by Gasteiger charge is 2.15. The van der Waals surface area contributed by atoms with Crippen LogP contribution in [0.25, 0.3) is 16.9 Å². The number of carbonyl (C=O) groups is 1. The molecule has 7 nitrogen and oxygen atoms in total. The average Bonchev–Trinajstić information content (AvgIpc) is 3.25. The quantitative estimate of drug-likeness (QED) is 0.622. The third-order valence-corrected chi connectivity index (χ3v) is 3.90. The minimum Gasteiger partial charge on any atom is -0.364 e. The van der Waals surface area contributed by atoms with Gasteiger partial charge in [-0.2, -0.15) is 5.10 Å². The van der Waals surface area contributed by atoms with Gasteiger partial charge >= 0.3 is 0 Å². The SMILES string of the molecule is Cc1cc(C)n2ncc(C(=O)Nc3ccc(-c4ccon4)cc3)c2n1. The lowest BCUT2D eigenvalue weighted by molar-refractivity contribution is 0.102. The molecule has 0 radical (unpaired) electrons. The summed E-state index contributed by atoms with van der Waals surface area (Å²) in [5.74, 6) is -0.248. The van der Waals surface area contributed by atoms with E-state index in [0.717, 1.165) is 22.6 Å². The van der Waals surface area contributed by atoms with Crippen molar-refractivity contribution in [3.8, 4) is 11.3 Å². The van der Waals surface area contributed by atoms with Crippen LogP contribution in [-0.4, -0.2) is 25.7 Å². The van der Waals surface area contributed by atoms with Gasteiger partial charge in [0.25, 0.3) is 5.91 Å². The summed E-state index contributed by atoms with van der Waals surface area (Å²) in [7, 11) is 0. The molecular weight excluding hydrogens is 318 g/mol. The van der Waals surface area contributed by atoms with E-state index in [1.807, 2.05) is 44.2 Å². The molecule has 1 amide bonds. The van der Waals surface area contributed by atoms with Crippen molar-refractivity contribution < 1.29 is 9.32 Å². The lowest BCUT2D eigenvalue weighted by Crippen LogP contribution is -2.12. The first-order chi connectivity index (χ1) is 12.1. The zero-order valence-electron chi connectivity index (χ0n) is 13.7. The largest absolute Gasteiger partial charge is 0.364 e. The Bertz CT molecular complexity index is 1050. The molecule has 0 fully saturated rings. The third kappa shape index (κ3) is 2.76. The normalized spacial score (nSPS) is 11.0. The Kier molecular flexibility index (Phi) is 3.53. The number of benzene rings is 1. The van der Waals surface area contributed by atoms with Crippen LogP contribution in [0.4, 0.5) is 5.69 Å². The van der Waals surface area contributed by atoms with Crippen LogP contribution >= 0.6 is 0 Å². The van der Waals surface area contributed by atoms with Crippen molar-refractivity contribution in [3.05, 3.63) is 65.8 Å². The third-order valence-electron chi connectivity index (χ3n) is 3.90. The summed E-state index contributed by atoms with van der Waals surface area (Å²) in [4.78, 5) is 17.0. The van der Waals surface area contributed by atoms with Crippen LogP contribution in [0.2, 0.25) is 0 Å². The van der Waals surface area contributed by atoms with Gasteiger partial charge < -0.3 is 9.84 Å². The predicted octanol–water partition coefficient (Wildman–Crippen LogP) is 3.25. The van der Waals surface area contributed by atoms with Crippen molar-refractivity contribution in [1.82, 2.24) is 19.8 Å². The fourth-order valence-corrected chi connectivity index (χ4v) is 2.71. The monoisotopic (exact) mass is 333 g/mol. The molecule has 4 rings (SSSR count). The van der Waals surface area contributed by atoms with Gasteiger partial charge in [-0.15, -0.1) is 0 Å². The number of hydrogen-bond donors (Lipinski definition) is 1. The van der Waals surface area contributed by atoms with Crippen LogP contribution in [0.1, 0.15) is 21.7 Å². The fraction of sp³-hybridized carbons (Fsp3) is 0.111. The van der Waals surface area contributed by atoms with Crippen molar-refractivity contribution in [2.75, 3.05) is 5.32 Å². The molecule has 1 N–H and O–H groups in total. The smallest absolute Gasteiger partial charge is 0.261 e. The zero-order valence-corrected chi connectivity index (χ0v) is 13.7. The highest BCUT2D eigenvalue weighted by Crippen LogP contribution is 2.20. The minimum atomic E-state index is -0.248. The first-order valence-corrected chi connectivity index (χ1v) is 7.76. The van der Waals surface area contributed by atoms with Crippen LogP contribution in [0, 0.1) is 13.8 Å². The number of rotatable bonds is 3. The minimum absolute atomic E-state index is 0.248. The molecular formula is C18H15N5O2. The van der Waals surface area contributed by atoms with Gasteiger partial charge in [-0.1, -0.05) is 17.3 Å². The van der Waals surface area contributed by atoms with Crippen molar-refractivity contribution in [3.63, 3.8) is 0 Å². The number of fused-ring (bicyclic) bond motifs is 1. The maximum atomic E-state index is 12.6. The summed E-state index contributed by atoms with van der Waals surface area (Å²) >= 11 is 0. The Labute approximate surface area is 143 Å². The van der Waals surface area contributed by atoms with Gasteiger partial charge in [-0.05, 0) is 32.0 Å². The first kappa shape index (κ1) is 15.1. The molecule has 1 aromatic carbocycles. The summed E-state index contributed by atoms with van der Waals surface area (Å²) in [6.45, 7) is 3.82. The standard InChI is InChI=1S/C18H15N5O2/c1-11-9-12(2)23-17(20-11)15(10-19-23)18(24)21-14-5-3-13(4-6-14)16-7-8-25-22-16/h3-10H,1-2H3,(H,21,24). The number of hydrogen-bond acceptors (Lipinski definition) is 5. The molecule has 0 atom stereocenters. The highest BCUT2D eigenvalue weighted by atomic mass is 16.5. The predicted molar refractivity (Wildman–Crippen MR) is 92.4 cm³/mol. The van der Waals surface area contributed by atoms with E-state index in [1.54, 1.807) is 10.6 Å². The Balaban J connectivity index is 1.60. The molecule has 0 saturated heterocycles. The van der Waals surface area contributed by atoms with Crippen molar-refractivity contribution in [2.45, 2.75) is 13.8 Å². The van der Waals surface area contributed by atoms with Gasteiger partial charge in [0.1, 0.15) is 17.5 Å². The van der Waals surface area contributed by atoms with Gasteiger partial charge in [0.15, 0.2) is 5.65 Å². The van der Waals surface area contributed by atoms with E-state index < -0.39 is 0 Å². The number of aryl methyl sites for hydroxylation is 2. The zero-order chi connectivity index (χ0) is 17.4. The Hall–Kier alpha value is -3.48. The number of nitrogens with one attached hydrogen (secondary N) is 1. The first-order valence-electron chi connectivity index (χ1n) is 7.76. The summed E-state index contributed by atoms with van der Waals surface area (Å²) in [6.07, 6.45) is 3.06. The molecule has 0 aliphatic heterocycles. The molecule has 0 aliphatic rings. The number of amides is 1. The van der Waals surface area contributed by atoms with Crippen molar-refractivity contribution in [1.29, 1.82) is 0 Å². The van der Waals surface area contributed by atoms with E-state index in [4.69, 9.17) is 4.52 Å². The van der Waals surface area contributed by atoms with Gasteiger partial charge in [-0.25, -0.2) is 9.50 Å². The molecule has 3 heterocycles. The highest BCUT2D eigenvalue weighted by molar-refractivity contribution is 6.08. The molecule has 25 heavy (non-hydrogen) atoms. The molecule has 0 spiro atoms. The van der Waals surface area contributed by atoms with Gasteiger partial charge in [0.2, 0.25) is 0 Å². The number of carbonyl (C=O) groups excluding carboxylic acids is 1. The molecule has 124 valence electrons. The van der Waals surface area contributed by atoms with E-state index in [0.29, 0.717) is 16.9 Å². The van der Waals surface area contributed by atoms with Crippen LogP contribution < -0.4 is 5.32 Å². The summed E-state index contributed by atoms with van der Waals surface area (Å²) in [5.41, 5.74) is 5.10. The molecule has 0 bridgehead atoms. The Morgan fingerprint density at radius 2 is 1.96 bits per heavy atom. The molecule has 4 aromatic rings. The molecule has 0 saturated carbocycles. The van der Waals surface area contributed by atoms with E-state index >= 15 is 0 Å². The van der Waals surface area contributed by atoms with E-state index in [1.165, 1.54) is 12.5 Å². The Morgan fingerprint density at radius 3 is 2.68 bits per heavy atom. The second-order valence-electron chi connectivity index (χ2n) is 5.75. The average molecular weight is 333 g/mol. The maximum absolute atomic E-state index is 12.6. The van der Waals surface area contributed by atoms with Crippen LogP contribution in [0.5, 0.6) is 0 Å². The maximum Gasteiger partial charge on any atom is 0.261 e. The van der Waals surface area contributed by atoms with E-state index in [9.17, 15) is 4.79 Å². The molecule has 3 aromatic heterocycles. The van der Waals surface area contributed by atoms with E-state index in [-0.39, 0.29) is 5.91 Å². The summed E-state index contributed by atoms with van der Waals surface area (Å²) < 4.78 is 6.50. The molecule has 0 aliphatic carbocycles. The second-order valence-corrected chi connectivity index (χ2v) is 5.75. The lowest BCUT2D eigenvalue weighted by Gasteiger charge is -2.05. The fourth-order valence-electron chi connectivity index (χ4n) is 2.71. The second kappa shape index (κ2) is 5.86. The van der Waals surface area contributed by atoms with Crippen LogP contribution in [0.15, 0.2) is 53.4 Å². The Morgan fingerprint density at radius 1 is 1.16 bits per heavy atom. The lowest BCUT2D eigenvalue weighted by atomic mass is 10.1. The summed E-state index contributed by atoms with van der Waals surface area (Å²) in [5, 5.41) is 11.0. The van der Waals surface area contributed by atoms with Crippen molar-refractivity contribution >= 4 is 17.2 Å². The van der Waals surface area contributed by atoms with Gasteiger partial charge in [0.05, 0.1) is 6.20 Å². The van der Waals surface area contributed by atoms with Crippen molar-refractivity contribution in [2.24, 2.45) is 0 Å². The van der Waals surface area contributed by atoms with Crippen LogP contribution in [-0.2, 0) is 0 Å². The number of nitrogens with zero attached hydrogens (tertiary/aromatic N) is 4. The van der Waals surface area contributed by atoms with Gasteiger partial charge in [-0.3, -0.25) is 4.79 Å². The number of anilines is 1. The molecule has 0 unspecified atom stereocenters.